The zero-order valence-corrected chi connectivity index (χ0v) is 8.42. The zero-order valence-electron chi connectivity index (χ0n) is 8.42. The van der Waals surface area contributed by atoms with E-state index in [-0.39, 0.29) is 0 Å². The number of hydrogen-bond donors (Lipinski definition) is 1. The molecular formula is C12H19N. The summed E-state index contributed by atoms with van der Waals surface area (Å²) in [6.45, 7) is 2.14. The minimum Gasteiger partial charge on any atom is -0.310 e. The van der Waals surface area contributed by atoms with Crippen molar-refractivity contribution in [3.63, 3.8) is 0 Å². The third-order valence-corrected chi connectivity index (χ3v) is 2.44. The van der Waals surface area contributed by atoms with Gasteiger partial charge >= 0.3 is 0 Å². The Morgan fingerprint density at radius 3 is 2.85 bits per heavy atom. The Bertz CT molecular complexity index is 213. The third-order valence-electron chi connectivity index (χ3n) is 2.44. The van der Waals surface area contributed by atoms with Gasteiger partial charge in [0.15, 0.2) is 0 Å². The van der Waals surface area contributed by atoms with Crippen LogP contribution < -0.4 is 0 Å². The van der Waals surface area contributed by atoms with E-state index in [1.807, 2.05) is 0 Å². The van der Waals surface area contributed by atoms with Gasteiger partial charge in [-0.25, -0.2) is 0 Å². The maximum Gasteiger partial charge on any atom is 0.00892 e. The summed E-state index contributed by atoms with van der Waals surface area (Å²) in [5, 5.41) is 7.67. The number of nitrogens with one attached hydrogen (secondary N) is 1. The van der Waals surface area contributed by atoms with Crippen LogP contribution in [0.1, 0.15) is 39.0 Å². The molecule has 0 saturated carbocycles. The van der Waals surface area contributed by atoms with E-state index in [1.165, 1.54) is 0 Å². The molecule has 0 unspecified atom stereocenters. The second kappa shape index (κ2) is 5.74. The molecule has 1 aliphatic rings. The van der Waals surface area contributed by atoms with Crippen LogP contribution in [0.15, 0.2) is 24.3 Å². The van der Waals surface area contributed by atoms with Gasteiger partial charge in [-0.05, 0) is 31.6 Å². The summed E-state index contributed by atoms with van der Waals surface area (Å²) in [5.74, 6) is 0.683. The molecule has 1 N–H and O–H groups in total. The van der Waals surface area contributed by atoms with Crippen molar-refractivity contribution in [1.29, 1.82) is 5.41 Å². The van der Waals surface area contributed by atoms with Crippen LogP contribution in [-0.2, 0) is 0 Å². The summed E-state index contributed by atoms with van der Waals surface area (Å²) in [5.41, 5.74) is 0.922. The average Bonchev–Trinajstić information content (AvgIpc) is 2.17. The van der Waals surface area contributed by atoms with Crippen molar-refractivity contribution in [2.45, 2.75) is 39.0 Å². The van der Waals surface area contributed by atoms with Crippen LogP contribution in [0.4, 0.5) is 0 Å². The molecule has 0 spiro atoms. The number of allylic oxidation sites excluding steroid dienone is 4. The minimum atomic E-state index is 0.683. The quantitative estimate of drug-likeness (QED) is 0.619. The maximum atomic E-state index is 7.67. The van der Waals surface area contributed by atoms with Crippen LogP contribution in [0.2, 0.25) is 0 Å². The van der Waals surface area contributed by atoms with Gasteiger partial charge in [0.05, 0.1) is 0 Å². The van der Waals surface area contributed by atoms with Gasteiger partial charge in [0.1, 0.15) is 0 Å². The van der Waals surface area contributed by atoms with E-state index in [4.69, 9.17) is 5.41 Å². The molecule has 1 atom stereocenters. The molecule has 0 amide bonds. The lowest BCUT2D eigenvalue weighted by atomic mass is 9.94. The van der Waals surface area contributed by atoms with Gasteiger partial charge in [-0.1, -0.05) is 37.6 Å². The molecule has 1 aliphatic carbocycles. The van der Waals surface area contributed by atoms with Crippen molar-refractivity contribution in [1.82, 2.24) is 0 Å². The highest BCUT2D eigenvalue weighted by molar-refractivity contribution is 5.81. The van der Waals surface area contributed by atoms with Gasteiger partial charge in [0, 0.05) is 5.71 Å². The average molecular weight is 177 g/mol. The Hall–Kier alpha value is -0.850. The molecular weight excluding hydrogens is 158 g/mol. The van der Waals surface area contributed by atoms with Crippen molar-refractivity contribution in [3.05, 3.63) is 24.3 Å². The summed E-state index contributed by atoms with van der Waals surface area (Å²) in [7, 11) is 0. The van der Waals surface area contributed by atoms with Crippen LogP contribution in [0, 0.1) is 11.3 Å². The monoisotopic (exact) mass is 177 g/mol. The fraction of sp³-hybridized carbons (Fsp3) is 0.583. The minimum absolute atomic E-state index is 0.683. The highest BCUT2D eigenvalue weighted by Crippen LogP contribution is 2.17. The second-order valence-electron chi connectivity index (χ2n) is 3.70. The van der Waals surface area contributed by atoms with E-state index in [0.717, 1.165) is 37.8 Å². The lowest BCUT2D eigenvalue weighted by Gasteiger charge is -2.12. The smallest absolute Gasteiger partial charge is 0.00892 e. The summed E-state index contributed by atoms with van der Waals surface area (Å²) < 4.78 is 0. The van der Waals surface area contributed by atoms with E-state index < -0.39 is 0 Å². The Morgan fingerprint density at radius 2 is 2.23 bits per heavy atom. The largest absolute Gasteiger partial charge is 0.310 e. The van der Waals surface area contributed by atoms with E-state index in [1.54, 1.807) is 0 Å². The summed E-state index contributed by atoms with van der Waals surface area (Å²) in [6, 6.07) is 0. The molecule has 0 aromatic carbocycles. The normalized spacial score (nSPS) is 20.5. The molecule has 0 fully saturated rings. The van der Waals surface area contributed by atoms with Gasteiger partial charge in [0.2, 0.25) is 0 Å². The molecule has 0 bridgehead atoms. The fourth-order valence-electron chi connectivity index (χ4n) is 1.63. The third kappa shape index (κ3) is 4.07. The molecule has 0 aliphatic heterocycles. The Morgan fingerprint density at radius 1 is 1.38 bits per heavy atom. The molecule has 0 aromatic heterocycles. The van der Waals surface area contributed by atoms with Gasteiger partial charge in [-0.2, -0.15) is 0 Å². The highest BCUT2D eigenvalue weighted by atomic mass is 14.4. The molecule has 13 heavy (non-hydrogen) atoms. The predicted octanol–water partition coefficient (Wildman–Crippen LogP) is 3.72. The Kier molecular flexibility index (Phi) is 4.52. The number of rotatable bonds is 5. The summed E-state index contributed by atoms with van der Waals surface area (Å²) in [6.07, 6.45) is 14.1. The maximum absolute atomic E-state index is 7.67. The topological polar surface area (TPSA) is 23.9 Å². The van der Waals surface area contributed by atoms with E-state index in [0.29, 0.717) is 5.92 Å². The van der Waals surface area contributed by atoms with Crippen LogP contribution >= 0.6 is 0 Å². The van der Waals surface area contributed by atoms with Gasteiger partial charge in [-0.3, -0.25) is 0 Å². The van der Waals surface area contributed by atoms with Crippen molar-refractivity contribution in [3.8, 4) is 0 Å². The van der Waals surface area contributed by atoms with E-state index in [2.05, 4.69) is 31.2 Å². The first-order chi connectivity index (χ1) is 6.33. The second-order valence-corrected chi connectivity index (χ2v) is 3.70. The fourth-order valence-corrected chi connectivity index (χ4v) is 1.63. The molecule has 0 aromatic rings. The lowest BCUT2D eigenvalue weighted by Crippen LogP contribution is -2.02. The van der Waals surface area contributed by atoms with Gasteiger partial charge in [-0.15, -0.1) is 0 Å². The van der Waals surface area contributed by atoms with Crippen molar-refractivity contribution in [2.24, 2.45) is 5.92 Å². The molecule has 72 valence electrons. The molecule has 0 heterocycles. The molecule has 0 saturated heterocycles. The molecule has 1 heteroatoms. The lowest BCUT2D eigenvalue weighted by molar-refractivity contribution is 0.607. The first-order valence-corrected chi connectivity index (χ1v) is 5.22. The van der Waals surface area contributed by atoms with Crippen LogP contribution in [0.3, 0.4) is 0 Å². The van der Waals surface area contributed by atoms with E-state index in [9.17, 15) is 0 Å². The van der Waals surface area contributed by atoms with E-state index >= 15 is 0 Å². The Labute approximate surface area is 81.1 Å². The van der Waals surface area contributed by atoms with Gasteiger partial charge in [0.25, 0.3) is 0 Å². The molecule has 0 radical (unpaired) electrons. The molecule has 1 nitrogen and oxygen atoms in total. The number of hydrogen-bond acceptors (Lipinski definition) is 1. The van der Waals surface area contributed by atoms with Crippen LogP contribution in [0.25, 0.3) is 0 Å². The van der Waals surface area contributed by atoms with Crippen molar-refractivity contribution >= 4 is 5.71 Å². The van der Waals surface area contributed by atoms with Crippen molar-refractivity contribution < 1.29 is 0 Å². The zero-order chi connectivity index (χ0) is 9.52. The first kappa shape index (κ1) is 10.2. The van der Waals surface area contributed by atoms with Crippen LogP contribution in [0.5, 0.6) is 0 Å². The SMILES string of the molecule is CCCC(=N)CC[C@H]1C=CC=CC1. The van der Waals surface area contributed by atoms with Crippen LogP contribution in [-0.4, -0.2) is 5.71 Å². The summed E-state index contributed by atoms with van der Waals surface area (Å²) >= 11 is 0. The summed E-state index contributed by atoms with van der Waals surface area (Å²) in [4.78, 5) is 0. The standard InChI is InChI=1S/C12H19N/c1-2-6-12(13)10-9-11-7-4-3-5-8-11/h3-5,7,11,13H,2,6,8-10H2,1H3/t11-/m0/s1. The first-order valence-electron chi connectivity index (χ1n) is 5.22. The van der Waals surface area contributed by atoms with Crippen molar-refractivity contribution in [2.75, 3.05) is 0 Å². The highest BCUT2D eigenvalue weighted by Gasteiger charge is 2.06. The Balaban J connectivity index is 2.15. The molecule has 1 rings (SSSR count). The van der Waals surface area contributed by atoms with Gasteiger partial charge < -0.3 is 5.41 Å². The predicted molar refractivity (Wildman–Crippen MR) is 58.3 cm³/mol.